The van der Waals surface area contributed by atoms with E-state index >= 15 is 0 Å². The first kappa shape index (κ1) is 18.6. The van der Waals surface area contributed by atoms with Crippen LogP contribution in [0.25, 0.3) is 11.4 Å². The first-order chi connectivity index (χ1) is 11.2. The molecule has 0 aliphatic rings. The van der Waals surface area contributed by atoms with E-state index in [0.29, 0.717) is 11.4 Å². The molecule has 0 saturated heterocycles. The third-order valence-corrected chi connectivity index (χ3v) is 4.28. The molecule has 0 saturated carbocycles. The SMILES string of the molecule is CCSc1cccnc1-c1cnc(CCC(F)(F)C(C)(F)F)cn1. The van der Waals surface area contributed by atoms with E-state index in [0.717, 1.165) is 10.6 Å². The first-order valence-electron chi connectivity index (χ1n) is 7.39. The van der Waals surface area contributed by atoms with Gasteiger partial charge in [0.2, 0.25) is 0 Å². The summed E-state index contributed by atoms with van der Waals surface area (Å²) < 4.78 is 52.2. The zero-order chi connectivity index (χ0) is 17.8. The number of nitrogens with zero attached hydrogens (tertiary/aromatic N) is 3. The van der Waals surface area contributed by atoms with Crippen LogP contribution in [0.3, 0.4) is 0 Å². The number of alkyl halides is 4. The van der Waals surface area contributed by atoms with Gasteiger partial charge in [0.1, 0.15) is 11.4 Å². The van der Waals surface area contributed by atoms with Gasteiger partial charge in [-0.25, -0.2) is 8.78 Å². The van der Waals surface area contributed by atoms with E-state index in [9.17, 15) is 17.6 Å². The summed E-state index contributed by atoms with van der Waals surface area (Å²) >= 11 is 1.60. The molecule has 130 valence electrons. The van der Waals surface area contributed by atoms with Crippen molar-refractivity contribution in [1.29, 1.82) is 0 Å². The summed E-state index contributed by atoms with van der Waals surface area (Å²) in [6.07, 6.45) is 3.13. The first-order valence-corrected chi connectivity index (χ1v) is 8.38. The number of pyridine rings is 1. The molecule has 0 fully saturated rings. The average Bonchev–Trinajstić information content (AvgIpc) is 2.53. The Morgan fingerprint density at radius 3 is 2.42 bits per heavy atom. The lowest BCUT2D eigenvalue weighted by molar-refractivity contribution is -0.200. The summed E-state index contributed by atoms with van der Waals surface area (Å²) in [7, 11) is 0. The van der Waals surface area contributed by atoms with Crippen molar-refractivity contribution in [3.63, 3.8) is 0 Å². The lowest BCUT2D eigenvalue weighted by Gasteiger charge is -2.22. The number of thioether (sulfide) groups is 1. The van der Waals surface area contributed by atoms with Crippen LogP contribution in [0, 0.1) is 0 Å². The number of aromatic nitrogens is 3. The van der Waals surface area contributed by atoms with Crippen LogP contribution < -0.4 is 0 Å². The lowest BCUT2D eigenvalue weighted by atomic mass is 10.1. The second kappa shape index (κ2) is 7.46. The molecule has 2 aromatic heterocycles. The molecular weight excluding hydrogens is 342 g/mol. The number of hydrogen-bond acceptors (Lipinski definition) is 4. The van der Waals surface area contributed by atoms with Gasteiger partial charge in [-0.1, -0.05) is 6.92 Å². The van der Waals surface area contributed by atoms with E-state index in [-0.39, 0.29) is 19.0 Å². The van der Waals surface area contributed by atoms with Gasteiger partial charge in [-0.2, -0.15) is 8.78 Å². The molecule has 0 unspecified atom stereocenters. The van der Waals surface area contributed by atoms with E-state index in [2.05, 4.69) is 15.0 Å². The highest BCUT2D eigenvalue weighted by Gasteiger charge is 2.51. The highest BCUT2D eigenvalue weighted by atomic mass is 32.2. The van der Waals surface area contributed by atoms with Gasteiger partial charge in [0.15, 0.2) is 0 Å². The van der Waals surface area contributed by atoms with E-state index in [1.165, 1.54) is 12.4 Å². The minimum absolute atomic E-state index is 0.218. The minimum Gasteiger partial charge on any atom is -0.257 e. The predicted molar refractivity (Wildman–Crippen MR) is 85.6 cm³/mol. The Kier molecular flexibility index (Phi) is 5.79. The summed E-state index contributed by atoms with van der Waals surface area (Å²) in [6, 6.07) is 3.73. The number of aryl methyl sites for hydroxylation is 1. The van der Waals surface area contributed by atoms with Gasteiger partial charge >= 0.3 is 11.8 Å². The van der Waals surface area contributed by atoms with Gasteiger partial charge in [-0.05, 0) is 24.3 Å². The van der Waals surface area contributed by atoms with Crippen molar-refractivity contribution in [3.8, 4) is 11.4 Å². The van der Waals surface area contributed by atoms with Crippen molar-refractivity contribution in [2.75, 3.05) is 5.75 Å². The zero-order valence-electron chi connectivity index (χ0n) is 13.3. The molecule has 0 aromatic carbocycles. The van der Waals surface area contributed by atoms with Crippen LogP contribution in [-0.4, -0.2) is 32.5 Å². The van der Waals surface area contributed by atoms with E-state index in [4.69, 9.17) is 0 Å². The second-order valence-corrected chi connectivity index (χ2v) is 6.57. The minimum atomic E-state index is -4.07. The fourth-order valence-electron chi connectivity index (χ4n) is 1.97. The van der Waals surface area contributed by atoms with Crippen LogP contribution in [0.15, 0.2) is 35.6 Å². The maximum Gasteiger partial charge on any atom is 0.310 e. The maximum atomic E-state index is 13.3. The molecule has 24 heavy (non-hydrogen) atoms. The Morgan fingerprint density at radius 2 is 1.83 bits per heavy atom. The summed E-state index contributed by atoms with van der Waals surface area (Å²) in [5, 5.41) is 0. The van der Waals surface area contributed by atoms with Crippen molar-refractivity contribution < 1.29 is 17.6 Å². The molecule has 0 N–H and O–H groups in total. The molecule has 0 atom stereocenters. The Bertz CT molecular complexity index is 672. The summed E-state index contributed by atoms with van der Waals surface area (Å²) in [5.74, 6) is -7.26. The standard InChI is InChI=1S/C16H17F4N3S/c1-3-24-13-5-4-8-21-14(13)12-10-22-11(9-23-12)6-7-16(19,20)15(2,17)18/h4-5,8-10H,3,6-7H2,1-2H3. The molecule has 3 nitrogen and oxygen atoms in total. The van der Waals surface area contributed by atoms with Gasteiger partial charge in [0, 0.05) is 30.6 Å². The molecule has 0 radical (unpaired) electrons. The van der Waals surface area contributed by atoms with Gasteiger partial charge in [0.25, 0.3) is 0 Å². The Balaban J connectivity index is 2.12. The van der Waals surface area contributed by atoms with Gasteiger partial charge < -0.3 is 0 Å². The van der Waals surface area contributed by atoms with Crippen molar-refractivity contribution in [1.82, 2.24) is 15.0 Å². The van der Waals surface area contributed by atoms with E-state index < -0.39 is 18.3 Å². The largest absolute Gasteiger partial charge is 0.310 e. The average molecular weight is 359 g/mol. The van der Waals surface area contributed by atoms with Crippen molar-refractivity contribution in [3.05, 3.63) is 36.4 Å². The number of halogens is 4. The number of hydrogen-bond donors (Lipinski definition) is 0. The maximum absolute atomic E-state index is 13.3. The van der Waals surface area contributed by atoms with Crippen LogP contribution >= 0.6 is 11.8 Å². The Morgan fingerprint density at radius 1 is 1.08 bits per heavy atom. The Hall–Kier alpha value is -1.70. The fourth-order valence-corrected chi connectivity index (χ4v) is 2.75. The molecule has 2 rings (SSSR count). The fraction of sp³-hybridized carbons (Fsp3) is 0.438. The topological polar surface area (TPSA) is 38.7 Å². The van der Waals surface area contributed by atoms with Crippen molar-refractivity contribution >= 4 is 11.8 Å². The normalized spacial score (nSPS) is 12.4. The Labute approximate surface area is 141 Å². The van der Waals surface area contributed by atoms with Crippen LogP contribution in [0.5, 0.6) is 0 Å². The molecule has 0 spiro atoms. The van der Waals surface area contributed by atoms with Crippen LogP contribution in [0.2, 0.25) is 0 Å². The third kappa shape index (κ3) is 4.43. The van der Waals surface area contributed by atoms with Gasteiger partial charge in [-0.3, -0.25) is 15.0 Å². The lowest BCUT2D eigenvalue weighted by Crippen LogP contribution is -2.37. The van der Waals surface area contributed by atoms with E-state index in [1.807, 2.05) is 19.1 Å². The molecule has 2 heterocycles. The smallest absolute Gasteiger partial charge is 0.257 e. The summed E-state index contributed by atoms with van der Waals surface area (Å²) in [6.45, 7) is 2.23. The molecule has 0 aliphatic heterocycles. The molecular formula is C16H17F4N3S. The van der Waals surface area contributed by atoms with E-state index in [1.54, 1.807) is 18.0 Å². The molecule has 0 amide bonds. The predicted octanol–water partition coefficient (Wildman–Crippen LogP) is 4.87. The third-order valence-electron chi connectivity index (χ3n) is 3.36. The van der Waals surface area contributed by atoms with Crippen LogP contribution in [0.4, 0.5) is 17.6 Å². The molecule has 0 bridgehead atoms. The quantitative estimate of drug-likeness (QED) is 0.522. The van der Waals surface area contributed by atoms with Crippen molar-refractivity contribution in [2.24, 2.45) is 0 Å². The molecule has 2 aromatic rings. The monoisotopic (exact) mass is 359 g/mol. The summed E-state index contributed by atoms with van der Waals surface area (Å²) in [5.41, 5.74) is 1.42. The van der Waals surface area contributed by atoms with Crippen LogP contribution in [0.1, 0.15) is 26.0 Å². The highest BCUT2D eigenvalue weighted by Crippen LogP contribution is 2.37. The zero-order valence-corrected chi connectivity index (χ0v) is 14.1. The van der Waals surface area contributed by atoms with Crippen LogP contribution in [-0.2, 0) is 6.42 Å². The summed E-state index contributed by atoms with van der Waals surface area (Å²) in [4.78, 5) is 13.5. The highest BCUT2D eigenvalue weighted by molar-refractivity contribution is 7.99. The van der Waals surface area contributed by atoms with Gasteiger partial charge in [0.05, 0.1) is 11.9 Å². The second-order valence-electron chi connectivity index (χ2n) is 5.27. The van der Waals surface area contributed by atoms with Crippen molar-refractivity contribution in [2.45, 2.75) is 43.4 Å². The van der Waals surface area contributed by atoms with Gasteiger partial charge in [-0.15, -0.1) is 11.8 Å². The molecule has 8 heteroatoms. The number of rotatable bonds is 7. The molecule has 0 aliphatic carbocycles.